The summed E-state index contributed by atoms with van der Waals surface area (Å²) in [5.41, 5.74) is 0.151. The van der Waals surface area contributed by atoms with Crippen molar-refractivity contribution in [3.8, 4) is 11.5 Å². The molecular formula is C12H16O3. The molecule has 0 aliphatic carbocycles. The van der Waals surface area contributed by atoms with E-state index in [9.17, 15) is 5.11 Å². The smallest absolute Gasteiger partial charge is 0.231 e. The Kier molecular flexibility index (Phi) is 2.57. The van der Waals surface area contributed by atoms with Crippen molar-refractivity contribution in [1.82, 2.24) is 0 Å². The van der Waals surface area contributed by atoms with Gasteiger partial charge in [0.15, 0.2) is 11.5 Å². The molecule has 0 unspecified atom stereocenters. The van der Waals surface area contributed by atoms with E-state index in [1.807, 2.05) is 32.0 Å². The van der Waals surface area contributed by atoms with E-state index in [4.69, 9.17) is 9.47 Å². The van der Waals surface area contributed by atoms with Gasteiger partial charge in [0, 0.05) is 0 Å². The Hall–Kier alpha value is -1.22. The van der Waals surface area contributed by atoms with Gasteiger partial charge in [0.1, 0.15) is 0 Å². The van der Waals surface area contributed by atoms with Crippen LogP contribution in [0.15, 0.2) is 18.2 Å². The summed E-state index contributed by atoms with van der Waals surface area (Å²) in [7, 11) is 0. The summed E-state index contributed by atoms with van der Waals surface area (Å²) < 4.78 is 10.5. The molecular weight excluding hydrogens is 192 g/mol. The number of benzene rings is 1. The molecule has 1 aliphatic rings. The van der Waals surface area contributed by atoms with Gasteiger partial charge in [-0.15, -0.1) is 0 Å². The third-order valence-electron chi connectivity index (χ3n) is 3.08. The van der Waals surface area contributed by atoms with Crippen molar-refractivity contribution in [3.05, 3.63) is 23.8 Å². The monoisotopic (exact) mass is 208 g/mol. The number of ether oxygens (including phenoxy) is 2. The maximum atomic E-state index is 10.3. The highest BCUT2D eigenvalue weighted by Crippen LogP contribution is 2.37. The topological polar surface area (TPSA) is 38.7 Å². The Labute approximate surface area is 89.6 Å². The molecule has 0 radical (unpaired) electrons. The van der Waals surface area contributed by atoms with Gasteiger partial charge in [-0.3, -0.25) is 0 Å². The van der Waals surface area contributed by atoms with Gasteiger partial charge in [0.05, 0.1) is 5.60 Å². The van der Waals surface area contributed by atoms with Gasteiger partial charge in [-0.2, -0.15) is 0 Å². The van der Waals surface area contributed by atoms with Crippen molar-refractivity contribution in [2.24, 2.45) is 0 Å². The quantitative estimate of drug-likeness (QED) is 0.829. The predicted molar refractivity (Wildman–Crippen MR) is 57.0 cm³/mol. The Morgan fingerprint density at radius 2 is 1.87 bits per heavy atom. The van der Waals surface area contributed by atoms with Crippen LogP contribution in [0.2, 0.25) is 0 Å². The zero-order chi connectivity index (χ0) is 10.9. The summed E-state index contributed by atoms with van der Waals surface area (Å²) in [6, 6.07) is 5.63. The van der Waals surface area contributed by atoms with E-state index < -0.39 is 5.60 Å². The van der Waals surface area contributed by atoms with Crippen molar-refractivity contribution in [2.45, 2.75) is 32.3 Å². The minimum Gasteiger partial charge on any atom is -0.454 e. The molecule has 1 aromatic carbocycles. The second kappa shape index (κ2) is 3.74. The molecule has 1 aliphatic heterocycles. The largest absolute Gasteiger partial charge is 0.454 e. The molecule has 0 saturated carbocycles. The highest BCUT2D eigenvalue weighted by molar-refractivity contribution is 5.45. The van der Waals surface area contributed by atoms with Crippen LogP contribution in [-0.4, -0.2) is 11.9 Å². The first-order chi connectivity index (χ1) is 7.19. The normalized spacial score (nSPS) is 14.3. The van der Waals surface area contributed by atoms with Gasteiger partial charge in [-0.25, -0.2) is 0 Å². The van der Waals surface area contributed by atoms with Crippen molar-refractivity contribution in [2.75, 3.05) is 6.79 Å². The number of fused-ring (bicyclic) bond motifs is 1. The van der Waals surface area contributed by atoms with E-state index in [1.54, 1.807) is 0 Å². The first kappa shape index (κ1) is 10.3. The molecule has 3 heteroatoms. The van der Waals surface area contributed by atoms with E-state index in [0.717, 1.165) is 17.1 Å². The van der Waals surface area contributed by atoms with Crippen LogP contribution in [0.4, 0.5) is 0 Å². The molecule has 0 bridgehead atoms. The van der Waals surface area contributed by atoms with E-state index in [-0.39, 0.29) is 6.79 Å². The van der Waals surface area contributed by atoms with Gasteiger partial charge in [0.2, 0.25) is 6.79 Å². The Balaban J connectivity index is 2.37. The molecule has 82 valence electrons. The minimum atomic E-state index is -0.749. The third-order valence-corrected chi connectivity index (χ3v) is 3.08. The summed E-state index contributed by atoms with van der Waals surface area (Å²) in [6.45, 7) is 4.23. The lowest BCUT2D eigenvalue weighted by Gasteiger charge is -2.25. The summed E-state index contributed by atoms with van der Waals surface area (Å²) >= 11 is 0. The fourth-order valence-corrected chi connectivity index (χ4v) is 1.84. The molecule has 0 aromatic heterocycles. The fraction of sp³-hybridized carbons (Fsp3) is 0.500. The molecule has 1 heterocycles. The van der Waals surface area contributed by atoms with E-state index >= 15 is 0 Å². The highest BCUT2D eigenvalue weighted by Gasteiger charge is 2.27. The van der Waals surface area contributed by atoms with Crippen molar-refractivity contribution >= 4 is 0 Å². The Morgan fingerprint density at radius 1 is 1.20 bits per heavy atom. The summed E-state index contributed by atoms with van der Waals surface area (Å²) in [4.78, 5) is 0. The SMILES string of the molecule is CCC(O)(CC)c1ccc2c(c1)OCO2. The van der Waals surface area contributed by atoms with Crippen molar-refractivity contribution in [1.29, 1.82) is 0 Å². The van der Waals surface area contributed by atoms with Gasteiger partial charge < -0.3 is 14.6 Å². The Morgan fingerprint density at radius 3 is 2.53 bits per heavy atom. The fourth-order valence-electron chi connectivity index (χ4n) is 1.84. The summed E-state index contributed by atoms with van der Waals surface area (Å²) in [5, 5.41) is 10.3. The van der Waals surface area contributed by atoms with E-state index in [0.29, 0.717) is 12.8 Å². The number of rotatable bonds is 3. The predicted octanol–water partition coefficient (Wildman–Crippen LogP) is 2.42. The lowest BCUT2D eigenvalue weighted by Crippen LogP contribution is -2.23. The molecule has 0 amide bonds. The molecule has 2 rings (SSSR count). The van der Waals surface area contributed by atoms with Gasteiger partial charge in [0.25, 0.3) is 0 Å². The maximum absolute atomic E-state index is 10.3. The van der Waals surface area contributed by atoms with Crippen LogP contribution in [0.5, 0.6) is 11.5 Å². The average Bonchev–Trinajstić information content (AvgIpc) is 2.74. The average molecular weight is 208 g/mol. The van der Waals surface area contributed by atoms with Crippen LogP contribution in [0.25, 0.3) is 0 Å². The lowest BCUT2D eigenvalue weighted by molar-refractivity contribution is 0.0282. The van der Waals surface area contributed by atoms with E-state index in [2.05, 4.69) is 0 Å². The minimum absolute atomic E-state index is 0.273. The first-order valence-corrected chi connectivity index (χ1v) is 5.32. The second-order valence-electron chi connectivity index (χ2n) is 3.81. The molecule has 1 aromatic rings. The highest BCUT2D eigenvalue weighted by atomic mass is 16.7. The van der Waals surface area contributed by atoms with Gasteiger partial charge >= 0.3 is 0 Å². The number of hydrogen-bond acceptors (Lipinski definition) is 3. The van der Waals surface area contributed by atoms with Gasteiger partial charge in [-0.1, -0.05) is 19.9 Å². The van der Waals surface area contributed by atoms with E-state index in [1.165, 1.54) is 0 Å². The molecule has 0 fully saturated rings. The van der Waals surface area contributed by atoms with Crippen LogP contribution in [0.3, 0.4) is 0 Å². The third kappa shape index (κ3) is 1.67. The maximum Gasteiger partial charge on any atom is 0.231 e. The standard InChI is InChI=1S/C12H16O3/c1-3-12(13,4-2)9-5-6-10-11(7-9)15-8-14-10/h5-7,13H,3-4,8H2,1-2H3. The van der Waals surface area contributed by atoms with Gasteiger partial charge in [-0.05, 0) is 30.5 Å². The lowest BCUT2D eigenvalue weighted by atomic mass is 9.88. The second-order valence-corrected chi connectivity index (χ2v) is 3.81. The molecule has 0 saturated heterocycles. The molecule has 15 heavy (non-hydrogen) atoms. The van der Waals surface area contributed by atoms with Crippen LogP contribution >= 0.6 is 0 Å². The summed E-state index contributed by atoms with van der Waals surface area (Å²) in [5.74, 6) is 1.49. The van der Waals surface area contributed by atoms with Crippen LogP contribution in [-0.2, 0) is 5.60 Å². The summed E-state index contributed by atoms with van der Waals surface area (Å²) in [6.07, 6.45) is 1.40. The van der Waals surface area contributed by atoms with Crippen LogP contribution < -0.4 is 9.47 Å². The molecule has 1 N–H and O–H groups in total. The molecule has 3 nitrogen and oxygen atoms in total. The van der Waals surface area contributed by atoms with Crippen molar-refractivity contribution < 1.29 is 14.6 Å². The number of hydrogen-bond donors (Lipinski definition) is 1. The van der Waals surface area contributed by atoms with Crippen LogP contribution in [0, 0.1) is 0 Å². The molecule has 0 spiro atoms. The van der Waals surface area contributed by atoms with Crippen molar-refractivity contribution in [3.63, 3.8) is 0 Å². The zero-order valence-corrected chi connectivity index (χ0v) is 9.12. The zero-order valence-electron chi connectivity index (χ0n) is 9.12. The van der Waals surface area contributed by atoms with Crippen LogP contribution in [0.1, 0.15) is 32.3 Å². The Bertz CT molecular complexity index is 356. The molecule has 0 atom stereocenters. The first-order valence-electron chi connectivity index (χ1n) is 5.32. The number of aliphatic hydroxyl groups is 1.